The molecule has 0 aromatic carbocycles. The first kappa shape index (κ1) is 14.2. The summed E-state index contributed by atoms with van der Waals surface area (Å²) in [6.07, 6.45) is 10.3. The summed E-state index contributed by atoms with van der Waals surface area (Å²) < 4.78 is 0. The zero-order valence-corrected chi connectivity index (χ0v) is 10.4. The molecular weight excluding hydrogens is 216 g/mol. The Bertz CT molecular complexity index is 277. The second-order valence-corrected chi connectivity index (χ2v) is 4.94. The maximum absolute atomic E-state index is 10.1. The third kappa shape index (κ3) is 5.33. The minimum absolute atomic E-state index is 0.520. The van der Waals surface area contributed by atoms with Crippen molar-refractivity contribution in [2.24, 2.45) is 17.4 Å². The molecule has 0 spiro atoms. The van der Waals surface area contributed by atoms with Crippen molar-refractivity contribution in [3.8, 4) is 0 Å². The zero-order valence-electron chi connectivity index (χ0n) is 10.4. The number of carboxylic acids is 1. The van der Waals surface area contributed by atoms with Gasteiger partial charge in [0.1, 0.15) is 6.04 Å². The molecule has 2 unspecified atom stereocenters. The van der Waals surface area contributed by atoms with Crippen molar-refractivity contribution in [1.82, 2.24) is 0 Å². The van der Waals surface area contributed by atoms with Gasteiger partial charge in [-0.2, -0.15) is 0 Å². The molecule has 0 aromatic heterocycles. The van der Waals surface area contributed by atoms with E-state index in [1.165, 1.54) is 25.7 Å². The van der Waals surface area contributed by atoms with Crippen LogP contribution in [0.5, 0.6) is 0 Å². The molecule has 2 atom stereocenters. The lowest BCUT2D eigenvalue weighted by molar-refractivity contribution is -0.138. The van der Waals surface area contributed by atoms with Crippen LogP contribution in [-0.4, -0.2) is 23.7 Å². The zero-order chi connectivity index (χ0) is 12.7. The predicted octanol–water partition coefficient (Wildman–Crippen LogP) is 1.64. The molecule has 0 amide bonds. The fourth-order valence-electron chi connectivity index (χ4n) is 2.32. The molecule has 0 heterocycles. The smallest absolute Gasteiger partial charge is 0.320 e. The van der Waals surface area contributed by atoms with Gasteiger partial charge in [0.2, 0.25) is 0 Å². The van der Waals surface area contributed by atoms with Gasteiger partial charge in [0, 0.05) is 0 Å². The topological polar surface area (TPSA) is 89.3 Å². The number of allylic oxidation sites excluding steroid dienone is 2. The van der Waals surface area contributed by atoms with Crippen LogP contribution in [0, 0.1) is 5.92 Å². The van der Waals surface area contributed by atoms with E-state index >= 15 is 0 Å². The Labute approximate surface area is 103 Å². The van der Waals surface area contributed by atoms with Gasteiger partial charge in [0.05, 0.1) is 0 Å². The minimum atomic E-state index is -0.933. The normalized spacial score (nSPS) is 22.7. The Morgan fingerprint density at radius 3 is 2.59 bits per heavy atom. The first-order chi connectivity index (χ1) is 8.13. The summed E-state index contributed by atoms with van der Waals surface area (Å²) in [7, 11) is 0. The largest absolute Gasteiger partial charge is 0.480 e. The van der Waals surface area contributed by atoms with Crippen LogP contribution >= 0.6 is 0 Å². The number of carboxylic acid groups (broad SMARTS) is 1. The fourth-order valence-corrected chi connectivity index (χ4v) is 2.32. The molecular formula is C13H24N2O2. The Morgan fingerprint density at radius 2 is 2.29 bits per heavy atom. The molecule has 1 saturated carbocycles. The van der Waals surface area contributed by atoms with Crippen molar-refractivity contribution in [2.45, 2.75) is 51.0 Å². The quantitative estimate of drug-likeness (QED) is 0.503. The van der Waals surface area contributed by atoms with E-state index in [0.29, 0.717) is 13.0 Å². The lowest BCUT2D eigenvalue weighted by atomic mass is 10.1. The van der Waals surface area contributed by atoms with Crippen LogP contribution in [0.25, 0.3) is 0 Å². The van der Waals surface area contributed by atoms with Crippen LogP contribution < -0.4 is 11.5 Å². The van der Waals surface area contributed by atoms with Gasteiger partial charge in [0.25, 0.3) is 0 Å². The number of fused-ring (bicyclic) bond motifs is 2. The van der Waals surface area contributed by atoms with Crippen molar-refractivity contribution in [3.05, 3.63) is 11.6 Å². The number of rotatable bonds is 5. The molecule has 5 N–H and O–H groups in total. The molecule has 2 bridgehead atoms. The van der Waals surface area contributed by atoms with E-state index in [9.17, 15) is 4.79 Å². The number of unbranched alkanes of at least 4 members (excludes halogenated alkanes) is 1. The Morgan fingerprint density at radius 1 is 1.53 bits per heavy atom. The fraction of sp³-hybridized carbons (Fsp3) is 0.769. The molecule has 0 saturated heterocycles. The van der Waals surface area contributed by atoms with Gasteiger partial charge >= 0.3 is 5.97 Å². The molecule has 2 aliphatic carbocycles. The number of hydrogen-bond donors (Lipinski definition) is 3. The molecule has 2 aliphatic rings. The summed E-state index contributed by atoms with van der Waals surface area (Å²) in [6.45, 7) is 0.604. The van der Waals surface area contributed by atoms with Crippen molar-refractivity contribution in [1.29, 1.82) is 0 Å². The van der Waals surface area contributed by atoms with Gasteiger partial charge in [-0.15, -0.1) is 0 Å². The van der Waals surface area contributed by atoms with E-state index in [-0.39, 0.29) is 0 Å². The average molecular weight is 240 g/mol. The predicted molar refractivity (Wildman–Crippen MR) is 68.6 cm³/mol. The highest BCUT2D eigenvalue weighted by molar-refractivity contribution is 5.72. The van der Waals surface area contributed by atoms with Gasteiger partial charge in [0.15, 0.2) is 0 Å². The molecule has 98 valence electrons. The first-order valence-corrected chi connectivity index (χ1v) is 6.50. The third-order valence-electron chi connectivity index (χ3n) is 3.45. The summed E-state index contributed by atoms with van der Waals surface area (Å²) in [6, 6.07) is -0.716. The second-order valence-electron chi connectivity index (χ2n) is 4.94. The van der Waals surface area contributed by atoms with E-state index in [1.54, 1.807) is 5.57 Å². The highest BCUT2D eigenvalue weighted by atomic mass is 16.4. The standard InChI is InChI=1S/C7H10.C6H14N2O2/c1-2-7-4-3-6(1)5-7;7-4-2-1-3-5(8)6(9)10/h1,7H,2-5H2;5H,1-4,7-8H2,(H,9,10). The Hall–Kier alpha value is -0.870. The molecule has 4 heteroatoms. The monoisotopic (exact) mass is 240 g/mol. The van der Waals surface area contributed by atoms with Crippen molar-refractivity contribution in [3.63, 3.8) is 0 Å². The van der Waals surface area contributed by atoms with Crippen molar-refractivity contribution in [2.75, 3.05) is 6.54 Å². The molecule has 0 aliphatic heterocycles. The Kier molecular flexibility index (Phi) is 6.22. The summed E-state index contributed by atoms with van der Waals surface area (Å²) in [5.74, 6) is 0.145. The average Bonchev–Trinajstić information content (AvgIpc) is 2.94. The summed E-state index contributed by atoms with van der Waals surface area (Å²) in [5, 5.41) is 8.33. The molecule has 17 heavy (non-hydrogen) atoms. The summed E-state index contributed by atoms with van der Waals surface area (Å²) >= 11 is 0. The van der Waals surface area contributed by atoms with Gasteiger partial charge < -0.3 is 16.6 Å². The second kappa shape index (κ2) is 7.45. The molecule has 1 fully saturated rings. The van der Waals surface area contributed by atoms with Crippen LogP contribution in [0.1, 0.15) is 44.9 Å². The highest BCUT2D eigenvalue weighted by Gasteiger charge is 2.22. The maximum atomic E-state index is 10.1. The SMILES string of the molecule is C1=C2CCC(C1)C2.NCCCCC(N)C(=O)O. The van der Waals surface area contributed by atoms with E-state index < -0.39 is 12.0 Å². The number of hydrogen-bond acceptors (Lipinski definition) is 3. The van der Waals surface area contributed by atoms with Crippen molar-refractivity contribution < 1.29 is 9.90 Å². The summed E-state index contributed by atoms with van der Waals surface area (Å²) in [5.41, 5.74) is 12.2. The van der Waals surface area contributed by atoms with Crippen LogP contribution in [-0.2, 0) is 4.79 Å². The van der Waals surface area contributed by atoms with Gasteiger partial charge in [-0.3, -0.25) is 4.79 Å². The maximum Gasteiger partial charge on any atom is 0.320 e. The third-order valence-corrected chi connectivity index (χ3v) is 3.45. The number of nitrogens with two attached hydrogens (primary N) is 2. The van der Waals surface area contributed by atoms with E-state index in [4.69, 9.17) is 16.6 Å². The van der Waals surface area contributed by atoms with Gasteiger partial charge in [-0.1, -0.05) is 18.1 Å². The van der Waals surface area contributed by atoms with Gasteiger partial charge in [-0.25, -0.2) is 0 Å². The summed E-state index contributed by atoms with van der Waals surface area (Å²) in [4.78, 5) is 10.1. The molecule has 0 aromatic rings. The number of carbonyl (C=O) groups is 1. The lowest BCUT2D eigenvalue weighted by Gasteiger charge is -2.03. The number of aliphatic carboxylic acids is 1. The van der Waals surface area contributed by atoms with Crippen molar-refractivity contribution >= 4 is 5.97 Å². The first-order valence-electron chi connectivity index (χ1n) is 6.50. The molecule has 0 radical (unpaired) electrons. The van der Waals surface area contributed by atoms with E-state index in [1.807, 2.05) is 0 Å². The lowest BCUT2D eigenvalue weighted by Crippen LogP contribution is -2.29. The minimum Gasteiger partial charge on any atom is -0.480 e. The van der Waals surface area contributed by atoms with E-state index in [0.717, 1.165) is 18.8 Å². The van der Waals surface area contributed by atoms with Crippen LogP contribution in [0.3, 0.4) is 0 Å². The molecule has 2 rings (SSSR count). The van der Waals surface area contributed by atoms with Crippen LogP contribution in [0.4, 0.5) is 0 Å². The Balaban J connectivity index is 0.000000177. The van der Waals surface area contributed by atoms with Crippen LogP contribution in [0.2, 0.25) is 0 Å². The highest BCUT2D eigenvalue weighted by Crippen LogP contribution is 2.38. The van der Waals surface area contributed by atoms with E-state index in [2.05, 4.69) is 6.08 Å². The van der Waals surface area contributed by atoms with Crippen LogP contribution in [0.15, 0.2) is 11.6 Å². The molecule has 4 nitrogen and oxygen atoms in total. The van der Waals surface area contributed by atoms with Gasteiger partial charge in [-0.05, 0) is 51.0 Å².